The molecule has 0 saturated heterocycles. The van der Waals surface area contributed by atoms with Crippen LogP contribution in [-0.4, -0.2) is 27.2 Å². The molecule has 7 heteroatoms. The van der Waals surface area contributed by atoms with Crippen LogP contribution in [0.15, 0.2) is 17.0 Å². The summed E-state index contributed by atoms with van der Waals surface area (Å²) in [6, 6.07) is 2.36. The van der Waals surface area contributed by atoms with Gasteiger partial charge in [0.2, 0.25) is 10.0 Å². The molecular formula is C13H21FN2O3S. The first-order valence-electron chi connectivity index (χ1n) is 6.28. The van der Waals surface area contributed by atoms with Crippen LogP contribution in [0.3, 0.4) is 0 Å². The molecule has 0 fully saturated rings. The Bertz CT molecular complexity index is 562. The summed E-state index contributed by atoms with van der Waals surface area (Å²) in [4.78, 5) is -0.0544. The quantitative estimate of drug-likeness (QED) is 0.785. The number of ether oxygens (including phenoxy) is 1. The maximum Gasteiger partial charge on any atom is 0.240 e. The zero-order valence-electron chi connectivity index (χ0n) is 12.2. The van der Waals surface area contributed by atoms with Crippen LogP contribution in [0.2, 0.25) is 0 Å². The molecule has 0 atom stereocenters. The van der Waals surface area contributed by atoms with Crippen LogP contribution < -0.4 is 10.5 Å². The highest BCUT2D eigenvalue weighted by molar-refractivity contribution is 7.89. The van der Waals surface area contributed by atoms with Crippen molar-refractivity contribution in [3.63, 3.8) is 0 Å². The van der Waals surface area contributed by atoms with Crippen molar-refractivity contribution in [1.29, 1.82) is 0 Å². The van der Waals surface area contributed by atoms with Crippen molar-refractivity contribution in [3.8, 4) is 0 Å². The second kappa shape index (κ2) is 6.07. The van der Waals surface area contributed by atoms with Crippen LogP contribution in [0.25, 0.3) is 0 Å². The zero-order chi connectivity index (χ0) is 15.6. The number of hydrogen-bond donors (Lipinski definition) is 2. The van der Waals surface area contributed by atoms with Crippen molar-refractivity contribution < 1.29 is 17.5 Å². The van der Waals surface area contributed by atoms with Crippen molar-refractivity contribution in [2.24, 2.45) is 0 Å². The summed E-state index contributed by atoms with van der Waals surface area (Å²) in [5.74, 6) is -0.599. The lowest BCUT2D eigenvalue weighted by molar-refractivity contribution is -0.00515. The average Bonchev–Trinajstić information content (AvgIpc) is 2.33. The Morgan fingerprint density at radius 2 is 2.00 bits per heavy atom. The molecule has 0 radical (unpaired) electrons. The number of anilines is 1. The Hall–Kier alpha value is -1.18. The predicted octanol–water partition coefficient (Wildman–Crippen LogP) is 1.81. The normalized spacial score (nSPS) is 12.7. The molecule has 1 aromatic rings. The lowest BCUT2D eigenvalue weighted by atomic mass is 10.1. The van der Waals surface area contributed by atoms with E-state index >= 15 is 0 Å². The predicted molar refractivity (Wildman–Crippen MR) is 76.4 cm³/mol. The second-order valence-corrected chi connectivity index (χ2v) is 6.93. The smallest absolute Gasteiger partial charge is 0.240 e. The number of aryl methyl sites for hydroxylation is 1. The number of nitrogens with two attached hydrogens (primary N) is 1. The maximum absolute atomic E-state index is 13.4. The first-order chi connectivity index (χ1) is 9.09. The molecule has 0 aliphatic carbocycles. The van der Waals surface area contributed by atoms with Crippen molar-refractivity contribution in [1.82, 2.24) is 4.72 Å². The van der Waals surface area contributed by atoms with E-state index in [0.29, 0.717) is 6.61 Å². The van der Waals surface area contributed by atoms with Gasteiger partial charge in [-0.3, -0.25) is 0 Å². The van der Waals surface area contributed by atoms with E-state index in [-0.39, 0.29) is 22.7 Å². The van der Waals surface area contributed by atoms with Crippen LogP contribution in [-0.2, 0) is 14.8 Å². The molecule has 3 N–H and O–H groups in total. The lowest BCUT2D eigenvalue weighted by Gasteiger charge is -2.24. The molecule has 5 nitrogen and oxygen atoms in total. The summed E-state index contributed by atoms with van der Waals surface area (Å²) < 4.78 is 45.6. The van der Waals surface area contributed by atoms with Crippen molar-refractivity contribution in [2.45, 2.75) is 38.2 Å². The maximum atomic E-state index is 13.4. The summed E-state index contributed by atoms with van der Waals surface area (Å²) in [5.41, 5.74) is 4.84. The zero-order valence-corrected chi connectivity index (χ0v) is 13.0. The third-order valence-corrected chi connectivity index (χ3v) is 4.17. The van der Waals surface area contributed by atoms with Gasteiger partial charge in [-0.1, -0.05) is 0 Å². The van der Waals surface area contributed by atoms with Gasteiger partial charge in [0, 0.05) is 13.2 Å². The molecule has 0 spiro atoms. The number of rotatable bonds is 6. The number of halogens is 1. The van der Waals surface area contributed by atoms with Gasteiger partial charge in [0.1, 0.15) is 5.82 Å². The highest BCUT2D eigenvalue weighted by Crippen LogP contribution is 2.21. The summed E-state index contributed by atoms with van der Waals surface area (Å²) in [6.45, 7) is 7.46. The molecule has 0 aromatic heterocycles. The standard InChI is InChI=1S/C13H21FN2O3S/c1-5-19-13(3,4)8-16-20(17,18)10-6-9(2)12(14)11(15)7-10/h6-7,16H,5,8,15H2,1-4H3. The van der Waals surface area contributed by atoms with Gasteiger partial charge in [-0.25, -0.2) is 17.5 Å². The van der Waals surface area contributed by atoms with E-state index in [2.05, 4.69) is 4.72 Å². The Morgan fingerprint density at radius 1 is 1.40 bits per heavy atom. The lowest BCUT2D eigenvalue weighted by Crippen LogP contribution is -2.40. The summed E-state index contributed by atoms with van der Waals surface area (Å²) in [5, 5.41) is 0. The summed E-state index contributed by atoms with van der Waals surface area (Å²) >= 11 is 0. The fraction of sp³-hybridized carbons (Fsp3) is 0.538. The molecule has 0 aliphatic rings. The average molecular weight is 304 g/mol. The molecule has 114 valence electrons. The molecule has 0 aliphatic heterocycles. The molecule has 1 aromatic carbocycles. The number of benzene rings is 1. The third kappa shape index (κ3) is 4.16. The fourth-order valence-corrected chi connectivity index (χ4v) is 3.03. The fourth-order valence-electron chi connectivity index (χ4n) is 1.71. The summed E-state index contributed by atoms with van der Waals surface area (Å²) in [6.07, 6.45) is 0. The topological polar surface area (TPSA) is 81.4 Å². The van der Waals surface area contributed by atoms with Crippen LogP contribution in [0.5, 0.6) is 0 Å². The minimum Gasteiger partial charge on any atom is -0.396 e. The number of nitrogen functional groups attached to an aromatic ring is 1. The van der Waals surface area contributed by atoms with E-state index in [0.717, 1.165) is 6.07 Å². The Balaban J connectivity index is 2.95. The van der Waals surface area contributed by atoms with Crippen LogP contribution >= 0.6 is 0 Å². The SMILES string of the molecule is CCOC(C)(C)CNS(=O)(=O)c1cc(C)c(F)c(N)c1. The van der Waals surface area contributed by atoms with E-state index in [4.69, 9.17) is 10.5 Å². The summed E-state index contributed by atoms with van der Waals surface area (Å²) in [7, 11) is -3.75. The first-order valence-corrected chi connectivity index (χ1v) is 7.76. The second-order valence-electron chi connectivity index (χ2n) is 5.16. The molecule has 0 unspecified atom stereocenters. The van der Waals surface area contributed by atoms with Gasteiger partial charge in [0.05, 0.1) is 16.2 Å². The van der Waals surface area contributed by atoms with Crippen LogP contribution in [0.1, 0.15) is 26.3 Å². The molecule has 20 heavy (non-hydrogen) atoms. The molecule has 1 rings (SSSR count). The van der Waals surface area contributed by atoms with Crippen molar-refractivity contribution in [3.05, 3.63) is 23.5 Å². The van der Waals surface area contributed by atoms with Crippen molar-refractivity contribution in [2.75, 3.05) is 18.9 Å². The van der Waals surface area contributed by atoms with Gasteiger partial charge in [-0.15, -0.1) is 0 Å². The van der Waals surface area contributed by atoms with E-state index in [1.165, 1.54) is 13.0 Å². The molecule has 0 bridgehead atoms. The van der Waals surface area contributed by atoms with Gasteiger partial charge < -0.3 is 10.5 Å². The van der Waals surface area contributed by atoms with E-state index in [1.54, 1.807) is 13.8 Å². The van der Waals surface area contributed by atoms with Gasteiger partial charge in [0.15, 0.2) is 0 Å². The van der Waals surface area contributed by atoms with Crippen LogP contribution in [0, 0.1) is 12.7 Å². The number of hydrogen-bond acceptors (Lipinski definition) is 4. The van der Waals surface area contributed by atoms with Gasteiger partial charge in [-0.05, 0) is 45.4 Å². The highest BCUT2D eigenvalue weighted by atomic mass is 32.2. The number of sulfonamides is 1. The monoisotopic (exact) mass is 304 g/mol. The Labute approximate surface area is 119 Å². The first kappa shape index (κ1) is 16.9. The molecule has 0 amide bonds. The highest BCUT2D eigenvalue weighted by Gasteiger charge is 2.23. The molecular weight excluding hydrogens is 283 g/mol. The molecule has 0 saturated carbocycles. The van der Waals surface area contributed by atoms with Crippen molar-refractivity contribution >= 4 is 15.7 Å². The number of nitrogens with one attached hydrogen (secondary N) is 1. The minimum atomic E-state index is -3.75. The molecule has 0 heterocycles. The van der Waals surface area contributed by atoms with Gasteiger partial charge >= 0.3 is 0 Å². The largest absolute Gasteiger partial charge is 0.396 e. The van der Waals surface area contributed by atoms with Gasteiger partial charge in [-0.2, -0.15) is 0 Å². The Kier molecular flexibility index (Phi) is 5.12. The minimum absolute atomic E-state index is 0.0544. The third-order valence-electron chi connectivity index (χ3n) is 2.79. The van der Waals surface area contributed by atoms with Gasteiger partial charge in [0.25, 0.3) is 0 Å². The van der Waals surface area contributed by atoms with E-state index in [9.17, 15) is 12.8 Å². The van der Waals surface area contributed by atoms with E-state index < -0.39 is 21.4 Å². The Morgan fingerprint density at radius 3 is 2.50 bits per heavy atom. The van der Waals surface area contributed by atoms with E-state index in [1.807, 2.05) is 6.92 Å². The van der Waals surface area contributed by atoms with Crippen LogP contribution in [0.4, 0.5) is 10.1 Å².